The highest BCUT2D eigenvalue weighted by Gasteiger charge is 2.27. The average Bonchev–Trinajstić information content (AvgIpc) is 3.54. The monoisotopic (exact) mass is 402 g/mol. The highest BCUT2D eigenvalue weighted by atomic mass is 19.3. The van der Waals surface area contributed by atoms with Crippen molar-refractivity contribution in [2.24, 2.45) is 11.0 Å². The second-order valence-electron chi connectivity index (χ2n) is 7.06. The fraction of sp³-hybridized carbons (Fsp3) is 0.333. The average molecular weight is 402 g/mol. The van der Waals surface area contributed by atoms with E-state index >= 15 is 0 Å². The predicted octanol–water partition coefficient (Wildman–Crippen LogP) is 4.78. The Kier molecular flexibility index (Phi) is 6.43. The number of carbonyl (C=O) groups is 1. The van der Waals surface area contributed by atoms with Gasteiger partial charge in [0.05, 0.1) is 5.71 Å². The molecule has 2 amide bonds. The molecule has 0 radical (unpaired) electrons. The van der Waals surface area contributed by atoms with E-state index in [0.29, 0.717) is 22.9 Å². The maximum absolute atomic E-state index is 12.9. The Balaban J connectivity index is 1.78. The molecule has 1 saturated carbocycles. The maximum Gasteiger partial charge on any atom is 0.335 e. The SMILES string of the molecule is CC(=NOCc1c(NC(=O)N(C)N)cccc1C1CC1)c1cccc(C(F)F)c1. The number of halogens is 2. The Morgan fingerprint density at radius 3 is 2.69 bits per heavy atom. The predicted molar refractivity (Wildman–Crippen MR) is 108 cm³/mol. The van der Waals surface area contributed by atoms with Crippen molar-refractivity contribution in [1.82, 2.24) is 5.01 Å². The van der Waals surface area contributed by atoms with E-state index in [1.165, 1.54) is 19.2 Å². The van der Waals surface area contributed by atoms with Crippen molar-refractivity contribution in [2.45, 2.75) is 38.7 Å². The summed E-state index contributed by atoms with van der Waals surface area (Å²) in [4.78, 5) is 17.5. The van der Waals surface area contributed by atoms with Crippen LogP contribution in [0.1, 0.15) is 54.4 Å². The van der Waals surface area contributed by atoms with E-state index in [0.717, 1.165) is 29.0 Å². The molecular weight excluding hydrogens is 378 g/mol. The molecule has 0 atom stereocenters. The fourth-order valence-corrected chi connectivity index (χ4v) is 3.01. The van der Waals surface area contributed by atoms with Gasteiger partial charge in [-0.05, 0) is 48.9 Å². The summed E-state index contributed by atoms with van der Waals surface area (Å²) in [5, 5.41) is 7.83. The van der Waals surface area contributed by atoms with Gasteiger partial charge in [0, 0.05) is 23.9 Å². The molecule has 2 aromatic carbocycles. The first kappa shape index (κ1) is 20.7. The first-order chi connectivity index (χ1) is 13.9. The molecule has 0 bridgehead atoms. The van der Waals surface area contributed by atoms with Gasteiger partial charge in [0.15, 0.2) is 0 Å². The summed E-state index contributed by atoms with van der Waals surface area (Å²) in [6.45, 7) is 1.84. The third kappa shape index (κ3) is 5.29. The van der Waals surface area contributed by atoms with Crippen molar-refractivity contribution in [3.63, 3.8) is 0 Å². The molecule has 3 N–H and O–H groups in total. The van der Waals surface area contributed by atoms with E-state index < -0.39 is 12.5 Å². The Morgan fingerprint density at radius 1 is 1.31 bits per heavy atom. The Labute approximate surface area is 168 Å². The lowest BCUT2D eigenvalue weighted by molar-refractivity contribution is 0.130. The van der Waals surface area contributed by atoms with Crippen LogP contribution in [0.4, 0.5) is 19.3 Å². The number of nitrogens with zero attached hydrogens (tertiary/aromatic N) is 2. The molecule has 3 rings (SSSR count). The second kappa shape index (κ2) is 9.00. The molecule has 2 aromatic rings. The van der Waals surface area contributed by atoms with Crippen molar-refractivity contribution < 1.29 is 18.4 Å². The molecule has 1 fully saturated rings. The number of hydrazine groups is 1. The van der Waals surface area contributed by atoms with Crippen LogP contribution in [0.15, 0.2) is 47.6 Å². The standard InChI is InChI=1S/C21H24F2N4O2/c1-13(15-5-3-6-16(11-15)20(22)23)26-29-12-18-17(14-9-10-14)7-4-8-19(18)25-21(28)27(2)24/h3-8,11,14,20H,9-10,12,24H2,1-2H3,(H,25,28). The summed E-state index contributed by atoms with van der Waals surface area (Å²) in [7, 11) is 1.46. The third-order valence-corrected chi connectivity index (χ3v) is 4.76. The molecule has 0 unspecified atom stereocenters. The molecule has 0 aromatic heterocycles. The summed E-state index contributed by atoms with van der Waals surface area (Å²) in [5.74, 6) is 5.94. The largest absolute Gasteiger partial charge is 0.391 e. The van der Waals surface area contributed by atoms with Gasteiger partial charge in [-0.2, -0.15) is 0 Å². The first-order valence-electron chi connectivity index (χ1n) is 9.33. The number of rotatable bonds is 7. The summed E-state index contributed by atoms with van der Waals surface area (Å²) in [5.41, 5.74) is 3.55. The minimum atomic E-state index is -2.54. The van der Waals surface area contributed by atoms with Crippen LogP contribution in [0.2, 0.25) is 0 Å². The molecule has 1 aliphatic rings. The molecule has 0 saturated heterocycles. The number of nitrogens with one attached hydrogen (secondary N) is 1. The number of anilines is 1. The topological polar surface area (TPSA) is 80.0 Å². The minimum absolute atomic E-state index is 0.0629. The van der Waals surface area contributed by atoms with Gasteiger partial charge >= 0.3 is 6.03 Å². The lowest BCUT2D eigenvalue weighted by Gasteiger charge is -2.17. The molecule has 0 heterocycles. The van der Waals surface area contributed by atoms with Crippen LogP contribution in [0, 0.1) is 0 Å². The quantitative estimate of drug-likeness (QED) is 0.303. The molecule has 29 heavy (non-hydrogen) atoms. The van der Waals surface area contributed by atoms with E-state index in [2.05, 4.69) is 10.5 Å². The smallest absolute Gasteiger partial charge is 0.335 e. The van der Waals surface area contributed by atoms with Gasteiger partial charge in [-0.25, -0.2) is 19.4 Å². The van der Waals surface area contributed by atoms with Crippen molar-refractivity contribution in [3.8, 4) is 0 Å². The number of hydrogen-bond donors (Lipinski definition) is 2. The van der Waals surface area contributed by atoms with Crippen LogP contribution in [0.25, 0.3) is 0 Å². The number of carbonyl (C=O) groups excluding carboxylic acids is 1. The van der Waals surface area contributed by atoms with Gasteiger partial charge < -0.3 is 10.2 Å². The molecule has 154 valence electrons. The van der Waals surface area contributed by atoms with E-state index in [1.54, 1.807) is 25.1 Å². The van der Waals surface area contributed by atoms with Gasteiger partial charge in [0.2, 0.25) is 0 Å². The van der Waals surface area contributed by atoms with Gasteiger partial charge in [-0.15, -0.1) is 0 Å². The summed E-state index contributed by atoms with van der Waals surface area (Å²) >= 11 is 0. The zero-order valence-electron chi connectivity index (χ0n) is 16.4. The number of hydrogen-bond acceptors (Lipinski definition) is 4. The Morgan fingerprint density at radius 2 is 2.03 bits per heavy atom. The van der Waals surface area contributed by atoms with E-state index in [9.17, 15) is 13.6 Å². The fourth-order valence-electron chi connectivity index (χ4n) is 3.01. The number of nitrogens with two attached hydrogens (primary N) is 1. The lowest BCUT2D eigenvalue weighted by Crippen LogP contribution is -2.37. The summed E-state index contributed by atoms with van der Waals surface area (Å²) in [6, 6.07) is 11.3. The first-order valence-corrected chi connectivity index (χ1v) is 9.33. The summed E-state index contributed by atoms with van der Waals surface area (Å²) in [6.07, 6.45) is -0.366. The molecule has 8 heteroatoms. The number of oxime groups is 1. The normalized spacial score (nSPS) is 14.1. The molecule has 0 aliphatic heterocycles. The van der Waals surface area contributed by atoms with Crippen molar-refractivity contribution in [2.75, 3.05) is 12.4 Å². The van der Waals surface area contributed by atoms with Crippen molar-refractivity contribution in [3.05, 3.63) is 64.7 Å². The van der Waals surface area contributed by atoms with Crippen molar-refractivity contribution >= 4 is 17.4 Å². The van der Waals surface area contributed by atoms with Gasteiger partial charge in [-0.1, -0.05) is 35.5 Å². The van der Waals surface area contributed by atoms with Crippen LogP contribution in [-0.2, 0) is 11.4 Å². The lowest BCUT2D eigenvalue weighted by atomic mass is 10.0. The third-order valence-electron chi connectivity index (χ3n) is 4.76. The maximum atomic E-state index is 12.9. The number of benzene rings is 2. The Hall–Kier alpha value is -3.00. The van der Waals surface area contributed by atoms with Crippen LogP contribution >= 0.6 is 0 Å². The molecule has 6 nitrogen and oxygen atoms in total. The van der Waals surface area contributed by atoms with E-state index in [4.69, 9.17) is 10.7 Å². The Bertz CT molecular complexity index is 911. The highest BCUT2D eigenvalue weighted by molar-refractivity contribution is 5.98. The zero-order valence-corrected chi connectivity index (χ0v) is 16.4. The van der Waals surface area contributed by atoms with Gasteiger partial charge in [0.25, 0.3) is 6.43 Å². The second-order valence-corrected chi connectivity index (χ2v) is 7.06. The minimum Gasteiger partial charge on any atom is -0.391 e. The zero-order chi connectivity index (χ0) is 21.0. The van der Waals surface area contributed by atoms with Crippen LogP contribution in [0.5, 0.6) is 0 Å². The van der Waals surface area contributed by atoms with Gasteiger partial charge in [-0.3, -0.25) is 5.01 Å². The molecule has 1 aliphatic carbocycles. The summed E-state index contributed by atoms with van der Waals surface area (Å²) < 4.78 is 25.8. The van der Waals surface area contributed by atoms with E-state index in [-0.39, 0.29) is 12.2 Å². The van der Waals surface area contributed by atoms with Crippen LogP contribution in [0.3, 0.4) is 0 Å². The number of amides is 2. The number of alkyl halides is 2. The van der Waals surface area contributed by atoms with Crippen LogP contribution in [-0.4, -0.2) is 23.8 Å². The van der Waals surface area contributed by atoms with Crippen LogP contribution < -0.4 is 11.2 Å². The molecular formula is C21H24F2N4O2. The number of urea groups is 1. The molecule has 0 spiro atoms. The van der Waals surface area contributed by atoms with Crippen molar-refractivity contribution in [1.29, 1.82) is 0 Å². The van der Waals surface area contributed by atoms with Gasteiger partial charge in [0.1, 0.15) is 6.61 Å². The van der Waals surface area contributed by atoms with E-state index in [1.807, 2.05) is 12.1 Å². The highest BCUT2D eigenvalue weighted by Crippen LogP contribution is 2.43.